The number of hydrogen-bond donors (Lipinski definition) is 1. The molecule has 0 fully saturated rings. The summed E-state index contributed by atoms with van der Waals surface area (Å²) in [5, 5.41) is 9.09. The first-order valence-electron chi connectivity index (χ1n) is 5.73. The Morgan fingerprint density at radius 1 is 1.47 bits per heavy atom. The lowest BCUT2D eigenvalue weighted by Crippen LogP contribution is -1.94. The van der Waals surface area contributed by atoms with Gasteiger partial charge in [0.05, 0.1) is 7.11 Å². The highest BCUT2D eigenvalue weighted by atomic mass is 16.5. The molecular weight excluding hydrogens is 244 g/mol. The van der Waals surface area contributed by atoms with Gasteiger partial charge in [-0.15, -0.1) is 0 Å². The van der Waals surface area contributed by atoms with Crippen molar-refractivity contribution < 1.29 is 19.4 Å². The smallest absolute Gasteiger partial charge is 0.298 e. The molecule has 4 heteroatoms. The third-order valence-electron chi connectivity index (χ3n) is 2.25. The first-order valence-corrected chi connectivity index (χ1v) is 5.73. The van der Waals surface area contributed by atoms with Gasteiger partial charge in [-0.3, -0.25) is 4.79 Å². The summed E-state index contributed by atoms with van der Waals surface area (Å²) >= 11 is 0. The summed E-state index contributed by atoms with van der Waals surface area (Å²) in [6.45, 7) is 3.77. The van der Waals surface area contributed by atoms with Crippen LogP contribution in [-0.2, 0) is 4.79 Å². The maximum atomic E-state index is 10.5. The molecule has 19 heavy (non-hydrogen) atoms. The lowest BCUT2D eigenvalue weighted by atomic mass is 10.1. The van der Waals surface area contributed by atoms with Crippen LogP contribution in [0.1, 0.15) is 19.4 Å². The van der Waals surface area contributed by atoms with Crippen molar-refractivity contribution in [3.05, 3.63) is 29.3 Å². The number of aliphatic hydroxyl groups is 1. The van der Waals surface area contributed by atoms with Crippen LogP contribution in [0.2, 0.25) is 0 Å². The van der Waals surface area contributed by atoms with Crippen LogP contribution in [0.15, 0.2) is 23.8 Å². The molecule has 0 aliphatic heterocycles. The second-order valence-corrected chi connectivity index (χ2v) is 3.89. The number of ether oxygens (including phenoxy) is 2. The van der Waals surface area contributed by atoms with Crippen LogP contribution in [0, 0.1) is 11.8 Å². The van der Waals surface area contributed by atoms with Gasteiger partial charge in [0.1, 0.15) is 17.6 Å². The lowest BCUT2D eigenvalue weighted by molar-refractivity contribution is -0.120. The number of aliphatic hydroxyl groups excluding tert-OH is 1. The van der Waals surface area contributed by atoms with Crippen LogP contribution in [0.25, 0.3) is 6.08 Å². The minimum atomic E-state index is -0.676. The lowest BCUT2D eigenvalue weighted by Gasteiger charge is -2.06. The van der Waals surface area contributed by atoms with Crippen molar-refractivity contribution >= 4 is 12.5 Å². The van der Waals surface area contributed by atoms with E-state index < -0.39 is 6.10 Å². The molecule has 0 heterocycles. The molecule has 0 bridgehead atoms. The summed E-state index contributed by atoms with van der Waals surface area (Å²) in [5.41, 5.74) is 1.46. The van der Waals surface area contributed by atoms with Gasteiger partial charge in [-0.2, -0.15) is 0 Å². The predicted octanol–water partition coefficient (Wildman–Crippen LogP) is 2.02. The van der Waals surface area contributed by atoms with E-state index in [4.69, 9.17) is 14.6 Å². The summed E-state index contributed by atoms with van der Waals surface area (Å²) in [6.07, 6.45) is 1.10. The van der Waals surface area contributed by atoms with Gasteiger partial charge in [0.2, 0.25) is 0 Å². The van der Waals surface area contributed by atoms with Crippen LogP contribution in [-0.4, -0.2) is 24.8 Å². The zero-order valence-electron chi connectivity index (χ0n) is 11.1. The van der Waals surface area contributed by atoms with Gasteiger partial charge in [0, 0.05) is 11.6 Å². The normalized spacial score (nSPS) is 12.1. The monoisotopic (exact) mass is 260 g/mol. The van der Waals surface area contributed by atoms with E-state index in [2.05, 4.69) is 11.8 Å². The number of carbonyl (C=O) groups is 1. The topological polar surface area (TPSA) is 55.8 Å². The summed E-state index contributed by atoms with van der Waals surface area (Å²) in [5.74, 6) is 6.45. The standard InChI is InChI=1S/C15H16O4/c1-11(4-5-12(2)17)8-13-6-7-14(18-3)9-15(13)19-10-16/h6-10,12,17H,1-3H3/b11-8+. The van der Waals surface area contributed by atoms with E-state index in [0.29, 0.717) is 23.5 Å². The molecule has 1 unspecified atom stereocenters. The molecule has 1 rings (SSSR count). The first-order chi connectivity index (χ1) is 9.06. The van der Waals surface area contributed by atoms with E-state index in [1.807, 2.05) is 6.92 Å². The maximum Gasteiger partial charge on any atom is 0.298 e. The van der Waals surface area contributed by atoms with Gasteiger partial charge in [0.15, 0.2) is 0 Å². The van der Waals surface area contributed by atoms with Crippen molar-refractivity contribution in [2.75, 3.05) is 7.11 Å². The average molecular weight is 260 g/mol. The molecule has 1 atom stereocenters. The van der Waals surface area contributed by atoms with E-state index >= 15 is 0 Å². The van der Waals surface area contributed by atoms with Gasteiger partial charge < -0.3 is 14.6 Å². The number of carbonyl (C=O) groups excluding carboxylic acids is 1. The zero-order chi connectivity index (χ0) is 14.3. The molecule has 0 amide bonds. The third-order valence-corrected chi connectivity index (χ3v) is 2.25. The van der Waals surface area contributed by atoms with Crippen LogP contribution in [0.3, 0.4) is 0 Å². The molecule has 0 aromatic heterocycles. The molecule has 4 nitrogen and oxygen atoms in total. The Morgan fingerprint density at radius 2 is 2.21 bits per heavy atom. The number of hydrogen-bond acceptors (Lipinski definition) is 4. The largest absolute Gasteiger partial charge is 0.497 e. The highest BCUT2D eigenvalue weighted by Crippen LogP contribution is 2.26. The number of rotatable bonds is 4. The Labute approximate surface area is 112 Å². The van der Waals surface area contributed by atoms with Crippen molar-refractivity contribution in [3.8, 4) is 23.3 Å². The Kier molecular flexibility index (Phi) is 5.65. The van der Waals surface area contributed by atoms with Crippen molar-refractivity contribution in [2.24, 2.45) is 0 Å². The second kappa shape index (κ2) is 7.24. The third kappa shape index (κ3) is 4.86. The van der Waals surface area contributed by atoms with E-state index in [1.54, 1.807) is 31.2 Å². The molecule has 0 saturated carbocycles. The molecule has 1 aromatic carbocycles. The van der Waals surface area contributed by atoms with E-state index in [9.17, 15) is 4.79 Å². The van der Waals surface area contributed by atoms with Gasteiger partial charge in [-0.1, -0.05) is 11.8 Å². The van der Waals surface area contributed by atoms with Crippen LogP contribution in [0.4, 0.5) is 0 Å². The highest BCUT2D eigenvalue weighted by Gasteiger charge is 2.04. The van der Waals surface area contributed by atoms with Gasteiger partial charge in [-0.25, -0.2) is 0 Å². The van der Waals surface area contributed by atoms with Crippen LogP contribution >= 0.6 is 0 Å². The van der Waals surface area contributed by atoms with Crippen LogP contribution < -0.4 is 9.47 Å². The second-order valence-electron chi connectivity index (χ2n) is 3.89. The molecular formula is C15H16O4. The summed E-state index contributed by atoms with van der Waals surface area (Å²) < 4.78 is 9.97. The Hall–Kier alpha value is -2.25. The fourth-order valence-electron chi connectivity index (χ4n) is 1.40. The number of benzene rings is 1. The molecule has 1 N–H and O–H groups in total. The van der Waals surface area contributed by atoms with Gasteiger partial charge in [0.25, 0.3) is 6.47 Å². The van der Waals surface area contributed by atoms with Gasteiger partial charge in [-0.05, 0) is 37.6 Å². The molecule has 0 spiro atoms. The van der Waals surface area contributed by atoms with Crippen molar-refractivity contribution in [2.45, 2.75) is 20.0 Å². The average Bonchev–Trinajstić information content (AvgIpc) is 2.38. The first kappa shape index (κ1) is 14.8. The minimum Gasteiger partial charge on any atom is -0.497 e. The molecule has 100 valence electrons. The van der Waals surface area contributed by atoms with E-state index in [0.717, 1.165) is 5.57 Å². The van der Waals surface area contributed by atoms with Crippen molar-refractivity contribution in [1.29, 1.82) is 0 Å². The van der Waals surface area contributed by atoms with E-state index in [-0.39, 0.29) is 0 Å². The molecule has 0 aliphatic carbocycles. The Bertz CT molecular complexity index is 533. The molecule has 0 aliphatic rings. The highest BCUT2D eigenvalue weighted by molar-refractivity contribution is 5.66. The Morgan fingerprint density at radius 3 is 2.79 bits per heavy atom. The summed E-state index contributed by atoms with van der Waals surface area (Å²) in [4.78, 5) is 10.5. The molecule has 0 saturated heterocycles. The molecule has 1 aromatic rings. The predicted molar refractivity (Wildman–Crippen MR) is 72.8 cm³/mol. The maximum absolute atomic E-state index is 10.5. The summed E-state index contributed by atoms with van der Waals surface area (Å²) in [6, 6.07) is 5.15. The number of methoxy groups -OCH3 is 1. The van der Waals surface area contributed by atoms with Crippen molar-refractivity contribution in [3.63, 3.8) is 0 Å². The van der Waals surface area contributed by atoms with Gasteiger partial charge >= 0.3 is 0 Å². The fraction of sp³-hybridized carbons (Fsp3) is 0.267. The fourth-order valence-corrected chi connectivity index (χ4v) is 1.40. The van der Waals surface area contributed by atoms with Crippen LogP contribution in [0.5, 0.6) is 11.5 Å². The van der Waals surface area contributed by atoms with Crippen molar-refractivity contribution in [1.82, 2.24) is 0 Å². The zero-order valence-corrected chi connectivity index (χ0v) is 11.1. The van der Waals surface area contributed by atoms with E-state index in [1.165, 1.54) is 7.11 Å². The summed E-state index contributed by atoms with van der Waals surface area (Å²) in [7, 11) is 1.54. The number of allylic oxidation sites excluding steroid dienone is 1. The SMILES string of the molecule is COc1ccc(/C=C(\C)C#CC(C)O)c(OC=O)c1. The Balaban J connectivity index is 3.09. The molecule has 0 radical (unpaired) electrons. The minimum absolute atomic E-state index is 0.364. The quantitative estimate of drug-likeness (QED) is 0.664.